The summed E-state index contributed by atoms with van der Waals surface area (Å²) in [5, 5.41) is 6.42. The maximum absolute atomic E-state index is 14.0. The molecule has 5 rings (SSSR count). The van der Waals surface area contributed by atoms with Crippen LogP contribution in [-0.2, 0) is 19.1 Å². The Morgan fingerprint density at radius 3 is 2.33 bits per heavy atom. The van der Waals surface area contributed by atoms with Crippen molar-refractivity contribution < 1.29 is 19.1 Å². The van der Waals surface area contributed by atoms with Gasteiger partial charge in [0.1, 0.15) is 0 Å². The van der Waals surface area contributed by atoms with Gasteiger partial charge in [0, 0.05) is 63.4 Å². The van der Waals surface area contributed by atoms with Gasteiger partial charge in [-0.1, -0.05) is 27.7 Å². The fourth-order valence-corrected chi connectivity index (χ4v) is 9.91. The van der Waals surface area contributed by atoms with E-state index in [1.807, 2.05) is 0 Å². The van der Waals surface area contributed by atoms with E-state index >= 15 is 0 Å². The van der Waals surface area contributed by atoms with E-state index in [0.29, 0.717) is 42.3 Å². The molecule has 2 N–H and O–H groups in total. The number of carbonyl (C=O) groups is 2. The Labute approximate surface area is 261 Å². The maximum Gasteiger partial charge on any atom is 0.225 e. The van der Waals surface area contributed by atoms with Gasteiger partial charge in [-0.3, -0.25) is 19.4 Å². The van der Waals surface area contributed by atoms with Gasteiger partial charge in [-0.15, -0.1) is 0 Å². The van der Waals surface area contributed by atoms with Crippen LogP contribution in [-0.4, -0.2) is 98.9 Å². The highest BCUT2D eigenvalue weighted by Crippen LogP contribution is 2.48. The molecule has 2 aliphatic carbocycles. The molecule has 0 aromatic carbocycles. The minimum absolute atomic E-state index is 0.00297. The molecule has 5 fully saturated rings. The largest absolute Gasteiger partial charge is 0.381 e. The third kappa shape index (κ3) is 8.14. The van der Waals surface area contributed by atoms with Crippen LogP contribution in [0.1, 0.15) is 86.0 Å². The Kier molecular flexibility index (Phi) is 11.9. The zero-order chi connectivity index (χ0) is 30.5. The number of hydrogen-bond donors (Lipinski definition) is 2. The second kappa shape index (κ2) is 15.4. The van der Waals surface area contributed by atoms with Crippen LogP contribution in [0.3, 0.4) is 0 Å². The highest BCUT2D eigenvalue weighted by molar-refractivity contribution is 5.83. The number of amides is 2. The molecule has 0 spiro atoms. The zero-order valence-corrected chi connectivity index (χ0v) is 27.9. The van der Waals surface area contributed by atoms with E-state index in [1.54, 1.807) is 0 Å². The summed E-state index contributed by atoms with van der Waals surface area (Å²) >= 11 is 0. The quantitative estimate of drug-likeness (QED) is 0.412. The van der Waals surface area contributed by atoms with Gasteiger partial charge < -0.3 is 20.1 Å². The predicted octanol–water partition coefficient (Wildman–Crippen LogP) is 4.18. The second-order valence-electron chi connectivity index (χ2n) is 15.1. The first-order valence-corrected chi connectivity index (χ1v) is 18.0. The van der Waals surface area contributed by atoms with Crippen LogP contribution in [0.15, 0.2) is 0 Å². The Hall–Kier alpha value is -1.22. The fraction of sp³-hybridized carbons (Fsp3) is 0.943. The first-order valence-electron chi connectivity index (χ1n) is 18.0. The van der Waals surface area contributed by atoms with Crippen molar-refractivity contribution in [3.63, 3.8) is 0 Å². The SMILES string of the molecule is CCN(C1CCOCC1)C1CC(C2CCC(CN3CCOCC3)CC2C)CC(C(=O)NCC2C(=O)NC(C)CC2C)C1C. The number of nitrogens with one attached hydrogen (secondary N) is 2. The van der Waals surface area contributed by atoms with Crippen molar-refractivity contribution in [3.05, 3.63) is 0 Å². The Balaban J connectivity index is 1.28. The third-order valence-corrected chi connectivity index (χ3v) is 12.3. The lowest BCUT2D eigenvalue weighted by Gasteiger charge is -2.51. The molecule has 2 saturated carbocycles. The lowest BCUT2D eigenvalue weighted by molar-refractivity contribution is -0.134. The number of nitrogens with zero attached hydrogens (tertiary/aromatic N) is 2. The van der Waals surface area contributed by atoms with Crippen molar-refractivity contribution in [2.75, 3.05) is 59.2 Å². The third-order valence-electron chi connectivity index (χ3n) is 12.3. The maximum atomic E-state index is 14.0. The van der Waals surface area contributed by atoms with Crippen molar-refractivity contribution in [3.8, 4) is 0 Å². The standard InChI is InChI=1S/C35H62N4O4/c1-6-39(29-9-13-42-14-10-29)33-20-28(30-8-7-27(18-24(30)3)22-38-11-15-43-16-12-38)19-31(26(33)5)34(40)36-21-32-23(2)17-25(4)37-35(32)41/h23-33H,6-22H2,1-5H3,(H,36,40)(H,37,41). The number of carbonyl (C=O) groups excluding carboxylic acids is 2. The van der Waals surface area contributed by atoms with E-state index in [1.165, 1.54) is 32.2 Å². The van der Waals surface area contributed by atoms with Crippen LogP contribution < -0.4 is 10.6 Å². The van der Waals surface area contributed by atoms with Crippen molar-refractivity contribution in [1.29, 1.82) is 0 Å². The van der Waals surface area contributed by atoms with E-state index in [0.717, 1.165) is 77.7 Å². The molecular formula is C35H62N4O4. The molecule has 3 saturated heterocycles. The number of hydrogen-bond acceptors (Lipinski definition) is 6. The van der Waals surface area contributed by atoms with Crippen LogP contribution in [0.2, 0.25) is 0 Å². The van der Waals surface area contributed by atoms with Gasteiger partial charge >= 0.3 is 0 Å². The molecule has 0 aromatic heterocycles. The molecule has 0 bridgehead atoms. The van der Waals surface area contributed by atoms with Crippen molar-refractivity contribution in [2.45, 2.75) is 104 Å². The molecule has 0 radical (unpaired) electrons. The molecule has 10 atom stereocenters. The van der Waals surface area contributed by atoms with Gasteiger partial charge in [-0.25, -0.2) is 0 Å². The fourth-order valence-electron chi connectivity index (χ4n) is 9.91. The average Bonchev–Trinajstić information content (AvgIpc) is 2.99. The normalized spacial score (nSPS) is 40.3. The predicted molar refractivity (Wildman–Crippen MR) is 171 cm³/mol. The van der Waals surface area contributed by atoms with Gasteiger partial charge in [-0.2, -0.15) is 0 Å². The molecule has 43 heavy (non-hydrogen) atoms. The molecular weight excluding hydrogens is 540 g/mol. The van der Waals surface area contributed by atoms with E-state index < -0.39 is 0 Å². The Bertz CT molecular complexity index is 906. The van der Waals surface area contributed by atoms with Gasteiger partial charge in [0.05, 0.1) is 19.1 Å². The summed E-state index contributed by atoms with van der Waals surface area (Å²) in [6, 6.07) is 1.17. The molecule has 8 nitrogen and oxygen atoms in total. The summed E-state index contributed by atoms with van der Waals surface area (Å²) in [4.78, 5) is 32.2. The van der Waals surface area contributed by atoms with E-state index in [-0.39, 0.29) is 35.6 Å². The van der Waals surface area contributed by atoms with Crippen LogP contribution in [0.5, 0.6) is 0 Å². The van der Waals surface area contributed by atoms with E-state index in [9.17, 15) is 9.59 Å². The number of ether oxygens (including phenoxy) is 2. The first kappa shape index (κ1) is 33.2. The monoisotopic (exact) mass is 602 g/mol. The topological polar surface area (TPSA) is 83.1 Å². The summed E-state index contributed by atoms with van der Waals surface area (Å²) in [7, 11) is 0. The molecule has 10 unspecified atom stereocenters. The summed E-state index contributed by atoms with van der Waals surface area (Å²) in [5.74, 6) is 3.44. The summed E-state index contributed by atoms with van der Waals surface area (Å²) in [5.41, 5.74) is 0. The molecule has 5 aliphatic rings. The second-order valence-corrected chi connectivity index (χ2v) is 15.1. The van der Waals surface area contributed by atoms with Crippen LogP contribution >= 0.6 is 0 Å². The highest BCUT2D eigenvalue weighted by atomic mass is 16.5. The van der Waals surface area contributed by atoms with Gasteiger partial charge in [-0.05, 0) is 100 Å². The zero-order valence-electron chi connectivity index (χ0n) is 27.9. The molecule has 0 aromatic rings. The summed E-state index contributed by atoms with van der Waals surface area (Å²) in [6.07, 6.45) is 9.26. The number of morpholine rings is 1. The average molecular weight is 603 g/mol. The molecule has 3 heterocycles. The first-order chi connectivity index (χ1) is 20.7. The lowest BCUT2D eigenvalue weighted by atomic mass is 9.61. The number of piperidine rings is 1. The smallest absolute Gasteiger partial charge is 0.225 e. The molecule has 246 valence electrons. The van der Waals surface area contributed by atoms with Crippen LogP contribution in [0.25, 0.3) is 0 Å². The molecule has 8 heteroatoms. The van der Waals surface area contributed by atoms with E-state index in [4.69, 9.17) is 9.47 Å². The molecule has 3 aliphatic heterocycles. The summed E-state index contributed by atoms with van der Waals surface area (Å²) in [6.45, 7) is 19.7. The Morgan fingerprint density at radius 2 is 1.65 bits per heavy atom. The summed E-state index contributed by atoms with van der Waals surface area (Å²) < 4.78 is 11.3. The Morgan fingerprint density at radius 1 is 0.930 bits per heavy atom. The van der Waals surface area contributed by atoms with Crippen molar-refractivity contribution in [1.82, 2.24) is 20.4 Å². The van der Waals surface area contributed by atoms with E-state index in [2.05, 4.69) is 55.1 Å². The van der Waals surface area contributed by atoms with Gasteiger partial charge in [0.15, 0.2) is 0 Å². The van der Waals surface area contributed by atoms with Crippen LogP contribution in [0.4, 0.5) is 0 Å². The van der Waals surface area contributed by atoms with Crippen molar-refractivity contribution in [2.24, 2.45) is 47.3 Å². The van der Waals surface area contributed by atoms with Gasteiger partial charge in [0.2, 0.25) is 11.8 Å². The minimum atomic E-state index is -0.137. The van der Waals surface area contributed by atoms with Crippen LogP contribution in [0, 0.1) is 47.3 Å². The van der Waals surface area contributed by atoms with Crippen molar-refractivity contribution >= 4 is 11.8 Å². The number of rotatable bonds is 9. The highest BCUT2D eigenvalue weighted by Gasteiger charge is 2.46. The lowest BCUT2D eigenvalue weighted by Crippen LogP contribution is -2.56. The van der Waals surface area contributed by atoms with Gasteiger partial charge in [0.25, 0.3) is 0 Å². The molecule has 2 amide bonds. The minimum Gasteiger partial charge on any atom is -0.381 e.